The molecule has 0 radical (unpaired) electrons. The zero-order valence-electron chi connectivity index (χ0n) is 8.84. The third-order valence-electron chi connectivity index (χ3n) is 3.07. The second kappa shape index (κ2) is 3.96. The number of hydrogen-bond donors (Lipinski definition) is 0. The molecule has 17 heavy (non-hydrogen) atoms. The molecule has 0 amide bonds. The molecule has 0 fully saturated rings. The number of rotatable bonds is 0. The predicted molar refractivity (Wildman–Crippen MR) is 80.3 cm³/mol. The van der Waals surface area contributed by atoms with E-state index >= 15 is 0 Å². The van der Waals surface area contributed by atoms with Gasteiger partial charge in [0.1, 0.15) is 0 Å². The van der Waals surface area contributed by atoms with Crippen LogP contribution >= 0.6 is 20.0 Å². The van der Waals surface area contributed by atoms with Crippen LogP contribution in [-0.2, 0) is 0 Å². The SMILES string of the molecule is c1ccc2c(c1)c1c(c3ccccc32)[Se]SS1. The summed E-state index contributed by atoms with van der Waals surface area (Å²) in [4.78, 5) is 1.50. The molecule has 0 bridgehead atoms. The molecule has 0 N–H and O–H groups in total. The second-order valence-electron chi connectivity index (χ2n) is 3.98. The zero-order valence-corrected chi connectivity index (χ0v) is 12.2. The first-order chi connectivity index (χ1) is 8.45. The first kappa shape index (κ1) is 10.3. The molecule has 1 heterocycles. The van der Waals surface area contributed by atoms with Gasteiger partial charge in [-0.2, -0.15) is 0 Å². The van der Waals surface area contributed by atoms with Crippen LogP contribution in [0.2, 0.25) is 0 Å². The Kier molecular flexibility index (Phi) is 2.41. The van der Waals surface area contributed by atoms with E-state index in [-0.39, 0.29) is 0 Å². The van der Waals surface area contributed by atoms with Crippen LogP contribution in [0.25, 0.3) is 21.5 Å². The molecule has 0 spiro atoms. The molecule has 4 rings (SSSR count). The van der Waals surface area contributed by atoms with Gasteiger partial charge in [0.2, 0.25) is 0 Å². The van der Waals surface area contributed by atoms with Crippen LogP contribution in [0.4, 0.5) is 0 Å². The molecule has 0 saturated heterocycles. The molecule has 1 aliphatic heterocycles. The molecular formula is C14H8S2Se. The summed E-state index contributed by atoms with van der Waals surface area (Å²) in [7, 11) is 3.97. The second-order valence-corrected chi connectivity index (χ2v) is 10.2. The number of hydrogen-bond acceptors (Lipinski definition) is 2. The minimum atomic E-state index is 0.559. The standard InChI is InChI=1S/C14H8S2Se/c1-3-7-11-9(5-1)10-6-2-4-8-12(10)14-13(11)15-16-17-14/h1-8H. The Morgan fingerprint density at radius 3 is 2.06 bits per heavy atom. The Hall–Kier alpha value is -0.601. The van der Waals surface area contributed by atoms with Crippen molar-refractivity contribution in [3.8, 4) is 0 Å². The maximum absolute atomic E-state index is 2.27. The molecule has 0 aliphatic carbocycles. The van der Waals surface area contributed by atoms with Gasteiger partial charge in [0.05, 0.1) is 0 Å². The van der Waals surface area contributed by atoms with E-state index in [1.54, 1.807) is 4.46 Å². The molecule has 0 saturated carbocycles. The van der Waals surface area contributed by atoms with Gasteiger partial charge in [0.25, 0.3) is 0 Å². The molecule has 82 valence electrons. The van der Waals surface area contributed by atoms with E-state index in [4.69, 9.17) is 0 Å². The van der Waals surface area contributed by atoms with E-state index in [0.29, 0.717) is 13.8 Å². The van der Waals surface area contributed by atoms with Crippen LogP contribution in [0.3, 0.4) is 0 Å². The minimum absolute atomic E-state index is 0.559. The van der Waals surface area contributed by atoms with E-state index in [2.05, 4.69) is 48.5 Å². The Bertz CT molecular complexity index is 674. The Morgan fingerprint density at radius 2 is 1.29 bits per heavy atom. The third-order valence-corrected chi connectivity index (χ3v) is 9.68. The van der Waals surface area contributed by atoms with Crippen molar-refractivity contribution >= 4 is 59.8 Å². The van der Waals surface area contributed by atoms with Crippen molar-refractivity contribution in [2.24, 2.45) is 0 Å². The topological polar surface area (TPSA) is 0 Å². The van der Waals surface area contributed by atoms with E-state index in [1.807, 2.05) is 20.0 Å². The normalized spacial score (nSPS) is 14.4. The molecule has 0 nitrogen and oxygen atoms in total. The summed E-state index contributed by atoms with van der Waals surface area (Å²) in [5, 5.41) is 5.69. The quantitative estimate of drug-likeness (QED) is 0.349. The molecule has 0 unspecified atom stereocenters. The van der Waals surface area contributed by atoms with Crippen LogP contribution in [0.15, 0.2) is 53.4 Å². The average molecular weight is 319 g/mol. The Morgan fingerprint density at radius 1 is 0.706 bits per heavy atom. The van der Waals surface area contributed by atoms with E-state index in [0.717, 1.165) is 0 Å². The maximum atomic E-state index is 2.27. The van der Waals surface area contributed by atoms with Crippen molar-refractivity contribution in [1.82, 2.24) is 0 Å². The van der Waals surface area contributed by atoms with Crippen molar-refractivity contribution in [2.45, 2.75) is 4.90 Å². The van der Waals surface area contributed by atoms with Gasteiger partial charge in [-0.15, -0.1) is 0 Å². The van der Waals surface area contributed by atoms with Gasteiger partial charge in [-0.1, -0.05) is 0 Å². The van der Waals surface area contributed by atoms with E-state index < -0.39 is 0 Å². The molecule has 0 atom stereocenters. The van der Waals surface area contributed by atoms with Gasteiger partial charge < -0.3 is 0 Å². The van der Waals surface area contributed by atoms with Gasteiger partial charge in [0, 0.05) is 0 Å². The predicted octanol–water partition coefficient (Wildman–Crippen LogP) is 3.99. The van der Waals surface area contributed by atoms with Crippen molar-refractivity contribution in [3.63, 3.8) is 0 Å². The van der Waals surface area contributed by atoms with Crippen LogP contribution in [-0.4, -0.2) is 13.8 Å². The molecule has 3 heteroatoms. The summed E-state index contributed by atoms with van der Waals surface area (Å²) in [6, 6.07) is 17.6. The molecule has 1 aliphatic rings. The molecule has 3 aromatic carbocycles. The summed E-state index contributed by atoms with van der Waals surface area (Å²) in [6.07, 6.45) is 0. The monoisotopic (exact) mass is 320 g/mol. The van der Waals surface area contributed by atoms with Gasteiger partial charge in [-0.05, 0) is 0 Å². The summed E-state index contributed by atoms with van der Waals surface area (Å²) < 4.78 is 1.59. The van der Waals surface area contributed by atoms with Crippen LogP contribution in [0.5, 0.6) is 0 Å². The summed E-state index contributed by atoms with van der Waals surface area (Å²) >= 11 is 0.559. The Balaban J connectivity index is 2.34. The van der Waals surface area contributed by atoms with Gasteiger partial charge in [-0.3, -0.25) is 0 Å². The van der Waals surface area contributed by atoms with Crippen LogP contribution in [0.1, 0.15) is 0 Å². The van der Waals surface area contributed by atoms with Crippen LogP contribution < -0.4 is 4.46 Å². The van der Waals surface area contributed by atoms with Gasteiger partial charge in [-0.25, -0.2) is 0 Å². The summed E-state index contributed by atoms with van der Waals surface area (Å²) in [5.74, 6) is 0. The Labute approximate surface area is 113 Å². The number of benzene rings is 3. The molecular weight excluding hydrogens is 311 g/mol. The fraction of sp³-hybridized carbons (Fsp3) is 0. The fourth-order valence-electron chi connectivity index (χ4n) is 2.33. The molecule has 0 aromatic heterocycles. The van der Waals surface area contributed by atoms with Gasteiger partial charge >= 0.3 is 113 Å². The first-order valence-corrected chi connectivity index (χ1v) is 10.4. The summed E-state index contributed by atoms with van der Waals surface area (Å²) in [6.45, 7) is 0. The van der Waals surface area contributed by atoms with Crippen molar-refractivity contribution in [1.29, 1.82) is 0 Å². The van der Waals surface area contributed by atoms with Crippen molar-refractivity contribution < 1.29 is 0 Å². The third kappa shape index (κ3) is 1.47. The fourth-order valence-corrected chi connectivity index (χ4v) is 10.2. The van der Waals surface area contributed by atoms with Crippen LogP contribution in [0, 0.1) is 0 Å². The van der Waals surface area contributed by atoms with E-state index in [9.17, 15) is 0 Å². The van der Waals surface area contributed by atoms with Crippen molar-refractivity contribution in [2.75, 3.05) is 0 Å². The van der Waals surface area contributed by atoms with Crippen molar-refractivity contribution in [3.05, 3.63) is 48.5 Å². The first-order valence-electron chi connectivity index (χ1n) is 5.40. The zero-order chi connectivity index (χ0) is 11.2. The van der Waals surface area contributed by atoms with Gasteiger partial charge in [0.15, 0.2) is 0 Å². The van der Waals surface area contributed by atoms with E-state index in [1.165, 1.54) is 26.4 Å². The summed E-state index contributed by atoms with van der Waals surface area (Å²) in [5.41, 5.74) is 0. The molecule has 3 aromatic rings. The number of fused-ring (bicyclic) bond motifs is 6. The average Bonchev–Trinajstić information content (AvgIpc) is 2.89.